The molecule has 0 saturated heterocycles. The van der Waals surface area contributed by atoms with E-state index in [1.54, 1.807) is 66.7 Å². The molecule has 0 aliphatic carbocycles. The smallest absolute Gasteiger partial charge is 0.312 e. The average molecular weight is 381 g/mol. The fourth-order valence-corrected chi connectivity index (χ4v) is 5.62. The summed E-state index contributed by atoms with van der Waals surface area (Å²) in [6, 6.07) is 20.8. The van der Waals surface area contributed by atoms with Crippen LogP contribution in [0.1, 0.15) is 28.3 Å². The molecular weight excluding hydrogens is 361 g/mol. The lowest BCUT2D eigenvalue weighted by Gasteiger charge is -2.29. The van der Waals surface area contributed by atoms with E-state index in [1.807, 2.05) is 6.07 Å². The molecule has 0 saturated carbocycles. The second kappa shape index (κ2) is 8.30. The van der Waals surface area contributed by atoms with Gasteiger partial charge in [0.05, 0.1) is 17.7 Å². The number of aliphatic carboxylic acids is 1. The monoisotopic (exact) mass is 381 g/mol. The molecule has 5 nitrogen and oxygen atoms in total. The van der Waals surface area contributed by atoms with Gasteiger partial charge in [-0.1, -0.05) is 60.7 Å². The summed E-state index contributed by atoms with van der Waals surface area (Å²) in [7, 11) is -3.92. The molecule has 27 heavy (non-hydrogen) atoms. The maximum absolute atomic E-state index is 13.5. The summed E-state index contributed by atoms with van der Waals surface area (Å²) in [5, 5.41) is 9.94. The molecule has 3 atom stereocenters. The highest BCUT2D eigenvalue weighted by Gasteiger charge is 2.43. The van der Waals surface area contributed by atoms with Crippen molar-refractivity contribution < 1.29 is 19.4 Å². The van der Waals surface area contributed by atoms with Gasteiger partial charge in [0.2, 0.25) is 7.37 Å². The van der Waals surface area contributed by atoms with Crippen LogP contribution in [0.15, 0.2) is 85.2 Å². The first-order valence-electron chi connectivity index (χ1n) is 8.52. The number of carbonyl (C=O) groups is 1. The van der Waals surface area contributed by atoms with Crippen molar-refractivity contribution in [2.45, 2.75) is 17.7 Å². The topological polar surface area (TPSA) is 87.5 Å². The van der Waals surface area contributed by atoms with E-state index in [-0.39, 0.29) is 6.16 Å². The molecule has 2 N–H and O–H groups in total. The van der Waals surface area contributed by atoms with Gasteiger partial charge in [-0.2, -0.15) is 0 Å². The van der Waals surface area contributed by atoms with Crippen LogP contribution in [0.2, 0.25) is 0 Å². The van der Waals surface area contributed by atoms with Crippen molar-refractivity contribution >= 4 is 13.3 Å². The van der Waals surface area contributed by atoms with Gasteiger partial charge in [0, 0.05) is 12.4 Å². The van der Waals surface area contributed by atoms with Gasteiger partial charge in [0.15, 0.2) is 0 Å². The van der Waals surface area contributed by atoms with E-state index in [1.165, 1.54) is 12.4 Å². The highest BCUT2D eigenvalue weighted by atomic mass is 31.2. The maximum atomic E-state index is 13.5. The van der Waals surface area contributed by atoms with Gasteiger partial charge in [-0.3, -0.25) is 14.3 Å². The van der Waals surface area contributed by atoms with Crippen molar-refractivity contribution in [3.8, 4) is 0 Å². The van der Waals surface area contributed by atoms with Gasteiger partial charge in [-0.15, -0.1) is 0 Å². The lowest BCUT2D eigenvalue weighted by atomic mass is 9.92. The predicted molar refractivity (Wildman–Crippen MR) is 104 cm³/mol. The Kier molecular flexibility index (Phi) is 5.84. The van der Waals surface area contributed by atoms with Crippen LogP contribution in [0.5, 0.6) is 0 Å². The Balaban J connectivity index is 2.10. The number of aromatic nitrogens is 1. The maximum Gasteiger partial charge on any atom is 0.312 e. The molecule has 2 aromatic carbocycles. The number of carboxylic acid groups (broad SMARTS) is 1. The minimum absolute atomic E-state index is 0.0950. The first-order chi connectivity index (χ1) is 13.0. The zero-order chi connectivity index (χ0) is 19.3. The van der Waals surface area contributed by atoms with E-state index in [4.69, 9.17) is 0 Å². The largest absolute Gasteiger partial charge is 0.481 e. The number of carboxylic acids is 1. The Morgan fingerprint density at radius 1 is 0.889 bits per heavy atom. The number of rotatable bonds is 7. The van der Waals surface area contributed by atoms with Gasteiger partial charge in [-0.25, -0.2) is 0 Å². The highest BCUT2D eigenvalue weighted by molar-refractivity contribution is 7.57. The molecule has 0 amide bonds. The second-order valence-electron chi connectivity index (χ2n) is 6.35. The first-order valence-corrected chi connectivity index (χ1v) is 10.4. The van der Waals surface area contributed by atoms with Crippen LogP contribution in [0, 0.1) is 0 Å². The van der Waals surface area contributed by atoms with E-state index < -0.39 is 24.9 Å². The summed E-state index contributed by atoms with van der Waals surface area (Å²) in [5.74, 6) is -2.30. The van der Waals surface area contributed by atoms with Gasteiger partial charge in [0.25, 0.3) is 0 Å². The Bertz CT molecular complexity index is 932. The molecular formula is C21H20NO4P. The van der Waals surface area contributed by atoms with Crippen molar-refractivity contribution in [1.82, 2.24) is 4.98 Å². The predicted octanol–water partition coefficient (Wildman–Crippen LogP) is 4.46. The van der Waals surface area contributed by atoms with E-state index in [0.717, 1.165) is 0 Å². The van der Waals surface area contributed by atoms with Crippen LogP contribution in [-0.4, -0.2) is 21.0 Å². The van der Waals surface area contributed by atoms with E-state index in [0.29, 0.717) is 16.7 Å². The van der Waals surface area contributed by atoms with Crippen molar-refractivity contribution in [2.24, 2.45) is 0 Å². The van der Waals surface area contributed by atoms with Crippen molar-refractivity contribution in [1.29, 1.82) is 0 Å². The molecule has 0 fully saturated rings. The average Bonchev–Trinajstić information content (AvgIpc) is 2.67. The van der Waals surface area contributed by atoms with Crippen LogP contribution >= 0.6 is 7.37 Å². The molecule has 1 aromatic heterocycles. The van der Waals surface area contributed by atoms with Crippen LogP contribution in [0.3, 0.4) is 0 Å². The first kappa shape index (κ1) is 19.0. The molecule has 3 aromatic rings. The number of nitrogens with zero attached hydrogens (tertiary/aromatic N) is 1. The molecule has 1 heterocycles. The zero-order valence-electron chi connectivity index (χ0n) is 14.6. The number of hydrogen-bond donors (Lipinski definition) is 2. The number of benzene rings is 2. The van der Waals surface area contributed by atoms with Gasteiger partial charge >= 0.3 is 5.97 Å². The zero-order valence-corrected chi connectivity index (χ0v) is 15.4. The summed E-state index contributed by atoms with van der Waals surface area (Å²) < 4.78 is 13.5. The second-order valence-corrected chi connectivity index (χ2v) is 8.74. The van der Waals surface area contributed by atoms with Crippen molar-refractivity contribution in [3.63, 3.8) is 0 Å². The molecule has 6 heteroatoms. The standard InChI is InChI=1S/C21H20NO4P/c23-21(24)19(17-11-13-22-14-12-17)20(18-9-5-2-6-10-18)27(25,26)15-16-7-3-1-4-8-16/h1-14,19-20H,15H2,(H,23,24)(H,25,26). The Morgan fingerprint density at radius 2 is 1.44 bits per heavy atom. The van der Waals surface area contributed by atoms with Crippen LogP contribution in [0.25, 0.3) is 0 Å². The quantitative estimate of drug-likeness (QED) is 0.590. The minimum atomic E-state index is -3.92. The van der Waals surface area contributed by atoms with E-state index in [9.17, 15) is 19.4 Å². The third-order valence-electron chi connectivity index (χ3n) is 4.47. The summed E-state index contributed by atoms with van der Waals surface area (Å²) in [5.41, 5.74) is 0.610. The Morgan fingerprint density at radius 3 is 2.00 bits per heavy atom. The fourth-order valence-electron chi connectivity index (χ4n) is 3.28. The van der Waals surface area contributed by atoms with Crippen LogP contribution in [-0.2, 0) is 15.5 Å². The molecule has 0 radical (unpaired) electrons. The van der Waals surface area contributed by atoms with E-state index in [2.05, 4.69) is 4.98 Å². The summed E-state index contributed by atoms with van der Waals surface area (Å²) in [6.45, 7) is 0. The molecule has 0 bridgehead atoms. The lowest BCUT2D eigenvalue weighted by Crippen LogP contribution is -2.21. The normalized spacial score (nSPS) is 15.4. The summed E-state index contributed by atoms with van der Waals surface area (Å²) in [4.78, 5) is 27.1. The summed E-state index contributed by atoms with van der Waals surface area (Å²) >= 11 is 0. The van der Waals surface area contributed by atoms with Gasteiger partial charge in [0.1, 0.15) is 0 Å². The molecule has 0 aliphatic heterocycles. The SMILES string of the molecule is O=C(O)C(c1ccncc1)C(c1ccccc1)P(=O)(O)Cc1ccccc1. The third-order valence-corrected chi connectivity index (χ3v) is 6.76. The van der Waals surface area contributed by atoms with Crippen molar-refractivity contribution in [3.05, 3.63) is 102 Å². The fraction of sp³-hybridized carbons (Fsp3) is 0.143. The molecule has 3 rings (SSSR count). The van der Waals surface area contributed by atoms with Crippen LogP contribution in [0.4, 0.5) is 0 Å². The van der Waals surface area contributed by atoms with E-state index >= 15 is 0 Å². The Hall–Kier alpha value is -2.75. The Labute approximate surface area is 157 Å². The van der Waals surface area contributed by atoms with Gasteiger partial charge in [-0.05, 0) is 28.8 Å². The number of hydrogen-bond acceptors (Lipinski definition) is 3. The molecule has 138 valence electrons. The molecule has 0 spiro atoms. The molecule has 3 unspecified atom stereocenters. The lowest BCUT2D eigenvalue weighted by molar-refractivity contribution is -0.139. The highest BCUT2D eigenvalue weighted by Crippen LogP contribution is 2.63. The third kappa shape index (κ3) is 4.51. The van der Waals surface area contributed by atoms with Gasteiger partial charge < -0.3 is 10.00 Å². The summed E-state index contributed by atoms with van der Waals surface area (Å²) in [6.07, 6.45) is 2.89. The number of pyridine rings is 1. The van der Waals surface area contributed by atoms with Crippen LogP contribution < -0.4 is 0 Å². The molecule has 0 aliphatic rings. The van der Waals surface area contributed by atoms with Crippen molar-refractivity contribution in [2.75, 3.05) is 0 Å². The minimum Gasteiger partial charge on any atom is -0.481 e.